The Morgan fingerprint density at radius 1 is 1.07 bits per heavy atom. The van der Waals surface area contributed by atoms with Crippen LogP contribution < -0.4 is 10.6 Å². The number of anilines is 3. The van der Waals surface area contributed by atoms with Crippen molar-refractivity contribution in [3.05, 3.63) is 65.9 Å². The molecule has 2 aromatic carbocycles. The lowest BCUT2D eigenvalue weighted by Gasteiger charge is -2.06. The largest absolute Gasteiger partial charge is 0.453 e. The third kappa shape index (κ3) is 3.74. The van der Waals surface area contributed by atoms with Crippen molar-refractivity contribution >= 4 is 45.9 Å². The van der Waals surface area contributed by atoms with Crippen LogP contribution in [0.15, 0.2) is 60.9 Å². The van der Waals surface area contributed by atoms with Crippen molar-refractivity contribution in [2.45, 2.75) is 0 Å². The lowest BCUT2D eigenvalue weighted by Crippen LogP contribution is -2.10. The van der Waals surface area contributed by atoms with Crippen LogP contribution in [0.1, 0.15) is 0 Å². The van der Waals surface area contributed by atoms with E-state index >= 15 is 0 Å². The van der Waals surface area contributed by atoms with Gasteiger partial charge in [-0.3, -0.25) is 5.32 Å². The van der Waals surface area contributed by atoms with Gasteiger partial charge in [-0.15, -0.1) is 0 Å². The van der Waals surface area contributed by atoms with Gasteiger partial charge in [-0.1, -0.05) is 29.8 Å². The Morgan fingerprint density at radius 3 is 2.64 bits per heavy atom. The van der Waals surface area contributed by atoms with Gasteiger partial charge in [-0.25, -0.2) is 14.8 Å². The van der Waals surface area contributed by atoms with E-state index in [1.165, 1.54) is 13.4 Å². The fraction of sp³-hybridized carbons (Fsp3) is 0.0500. The third-order valence-corrected chi connectivity index (χ3v) is 4.38. The number of amides is 1. The van der Waals surface area contributed by atoms with Gasteiger partial charge in [0.1, 0.15) is 17.8 Å². The van der Waals surface area contributed by atoms with Crippen LogP contribution in [0.2, 0.25) is 5.02 Å². The number of carbonyl (C=O) groups is 1. The van der Waals surface area contributed by atoms with Crippen molar-refractivity contribution in [2.75, 3.05) is 17.7 Å². The van der Waals surface area contributed by atoms with Crippen molar-refractivity contribution < 1.29 is 9.53 Å². The van der Waals surface area contributed by atoms with Crippen molar-refractivity contribution in [3.63, 3.8) is 0 Å². The number of aromatic amines is 1. The minimum absolute atomic E-state index is 0.509. The standard InChI is InChI=1S/C20H16ClN5O2/c1-28-20(27)25-14-7-5-12(6-8-14)17-10-16-18(22-11-23-19(16)26-17)24-15-4-2-3-13(21)9-15/h2-11H,1H3,(H,25,27)(H2,22,23,24,26). The van der Waals surface area contributed by atoms with Crippen LogP contribution in [0.5, 0.6) is 0 Å². The number of aromatic nitrogens is 3. The smallest absolute Gasteiger partial charge is 0.411 e. The Hall–Kier alpha value is -3.58. The Bertz CT molecular complexity index is 1140. The number of H-pyrrole nitrogens is 1. The average Bonchev–Trinajstić information content (AvgIpc) is 3.14. The molecule has 0 aliphatic heterocycles. The quantitative estimate of drug-likeness (QED) is 0.443. The van der Waals surface area contributed by atoms with Gasteiger partial charge in [0.15, 0.2) is 0 Å². The van der Waals surface area contributed by atoms with Crippen LogP contribution in [0.4, 0.5) is 22.0 Å². The lowest BCUT2D eigenvalue weighted by molar-refractivity contribution is 0.187. The molecule has 7 nitrogen and oxygen atoms in total. The predicted molar refractivity (Wildman–Crippen MR) is 110 cm³/mol. The third-order valence-electron chi connectivity index (χ3n) is 4.14. The molecule has 3 N–H and O–H groups in total. The van der Waals surface area contributed by atoms with Gasteiger partial charge in [-0.2, -0.15) is 0 Å². The maximum Gasteiger partial charge on any atom is 0.411 e. The number of ether oxygens (including phenoxy) is 1. The van der Waals surface area contributed by atoms with Gasteiger partial charge >= 0.3 is 6.09 Å². The molecule has 28 heavy (non-hydrogen) atoms. The molecule has 0 radical (unpaired) electrons. The number of hydrogen-bond donors (Lipinski definition) is 3. The molecule has 0 aliphatic carbocycles. The summed E-state index contributed by atoms with van der Waals surface area (Å²) in [6.07, 6.45) is 0.990. The fourth-order valence-corrected chi connectivity index (χ4v) is 2.99. The summed E-state index contributed by atoms with van der Waals surface area (Å²) in [5.74, 6) is 0.679. The van der Waals surface area contributed by atoms with Crippen molar-refractivity contribution in [3.8, 4) is 11.3 Å². The first kappa shape index (κ1) is 17.8. The predicted octanol–water partition coefficient (Wildman–Crippen LogP) is 5.20. The number of methoxy groups -OCH3 is 1. The van der Waals surface area contributed by atoms with E-state index < -0.39 is 6.09 Å². The van der Waals surface area contributed by atoms with Gasteiger partial charge in [0.05, 0.1) is 12.5 Å². The zero-order chi connectivity index (χ0) is 19.5. The van der Waals surface area contributed by atoms with Crippen LogP contribution in [0.3, 0.4) is 0 Å². The molecular weight excluding hydrogens is 378 g/mol. The molecule has 2 aromatic heterocycles. The normalized spacial score (nSPS) is 10.6. The lowest BCUT2D eigenvalue weighted by atomic mass is 10.1. The number of benzene rings is 2. The summed E-state index contributed by atoms with van der Waals surface area (Å²) in [5, 5.41) is 7.40. The number of hydrogen-bond acceptors (Lipinski definition) is 5. The highest BCUT2D eigenvalue weighted by Crippen LogP contribution is 2.29. The van der Waals surface area contributed by atoms with E-state index in [-0.39, 0.29) is 0 Å². The molecule has 0 bridgehead atoms. The van der Waals surface area contributed by atoms with E-state index in [4.69, 9.17) is 11.6 Å². The molecule has 0 saturated heterocycles. The summed E-state index contributed by atoms with van der Waals surface area (Å²) in [5.41, 5.74) is 4.03. The Morgan fingerprint density at radius 2 is 1.89 bits per heavy atom. The fourth-order valence-electron chi connectivity index (χ4n) is 2.80. The summed E-state index contributed by atoms with van der Waals surface area (Å²) in [7, 11) is 1.32. The molecule has 140 valence electrons. The first-order chi connectivity index (χ1) is 13.6. The summed E-state index contributed by atoms with van der Waals surface area (Å²) in [4.78, 5) is 23.2. The maximum atomic E-state index is 11.3. The second kappa shape index (κ2) is 7.58. The van der Waals surface area contributed by atoms with E-state index in [1.54, 1.807) is 12.1 Å². The second-order valence-electron chi connectivity index (χ2n) is 6.00. The molecule has 0 atom stereocenters. The molecule has 0 fully saturated rings. The first-order valence-electron chi connectivity index (χ1n) is 8.44. The van der Waals surface area contributed by atoms with Crippen LogP contribution in [0, 0.1) is 0 Å². The van der Waals surface area contributed by atoms with Gasteiger partial charge < -0.3 is 15.0 Å². The van der Waals surface area contributed by atoms with Crippen LogP contribution in [0.25, 0.3) is 22.3 Å². The minimum atomic E-state index is -0.509. The van der Waals surface area contributed by atoms with Gasteiger partial charge in [0.2, 0.25) is 0 Å². The van der Waals surface area contributed by atoms with E-state index in [0.717, 1.165) is 22.3 Å². The number of nitrogens with one attached hydrogen (secondary N) is 3. The van der Waals surface area contributed by atoms with Crippen LogP contribution >= 0.6 is 11.6 Å². The molecule has 8 heteroatoms. The highest BCUT2D eigenvalue weighted by molar-refractivity contribution is 6.30. The maximum absolute atomic E-state index is 11.3. The van der Waals surface area contributed by atoms with Crippen LogP contribution in [-0.2, 0) is 4.74 Å². The van der Waals surface area contributed by atoms with Gasteiger partial charge in [0.25, 0.3) is 0 Å². The molecule has 0 saturated carbocycles. The molecule has 4 rings (SSSR count). The Balaban J connectivity index is 1.64. The number of carbonyl (C=O) groups excluding carboxylic acids is 1. The van der Waals surface area contributed by atoms with Gasteiger partial charge in [0, 0.05) is 22.1 Å². The number of nitrogens with zero attached hydrogens (tertiary/aromatic N) is 2. The minimum Gasteiger partial charge on any atom is -0.453 e. The van der Waals surface area contributed by atoms with Gasteiger partial charge in [-0.05, 0) is 42.0 Å². The molecule has 0 spiro atoms. The van der Waals surface area contributed by atoms with Crippen LogP contribution in [-0.4, -0.2) is 28.2 Å². The average molecular weight is 394 g/mol. The van der Waals surface area contributed by atoms with E-state index in [2.05, 4.69) is 30.3 Å². The SMILES string of the molecule is COC(=O)Nc1ccc(-c2cc3c(Nc4cccc(Cl)c4)ncnc3[nH]2)cc1. The first-order valence-corrected chi connectivity index (χ1v) is 8.82. The van der Waals surface area contributed by atoms with E-state index in [9.17, 15) is 4.79 Å². The molecule has 1 amide bonds. The zero-order valence-electron chi connectivity index (χ0n) is 14.9. The van der Waals surface area contributed by atoms with E-state index in [1.807, 2.05) is 42.5 Å². The Kier molecular flexibility index (Phi) is 4.82. The molecule has 0 aliphatic rings. The summed E-state index contributed by atoms with van der Waals surface area (Å²) < 4.78 is 4.59. The van der Waals surface area contributed by atoms with E-state index in [0.29, 0.717) is 22.2 Å². The number of rotatable bonds is 4. The second-order valence-corrected chi connectivity index (χ2v) is 6.43. The topological polar surface area (TPSA) is 91.9 Å². The molecule has 4 aromatic rings. The summed E-state index contributed by atoms with van der Waals surface area (Å²) in [6.45, 7) is 0. The molecule has 0 unspecified atom stereocenters. The molecule has 2 heterocycles. The summed E-state index contributed by atoms with van der Waals surface area (Å²) in [6, 6.07) is 16.8. The van der Waals surface area contributed by atoms with Crippen molar-refractivity contribution in [1.82, 2.24) is 15.0 Å². The molecular formula is C20H16ClN5O2. The Labute approximate surface area is 165 Å². The van der Waals surface area contributed by atoms with Crippen molar-refractivity contribution in [1.29, 1.82) is 0 Å². The highest BCUT2D eigenvalue weighted by Gasteiger charge is 2.10. The number of fused-ring (bicyclic) bond motifs is 1. The van der Waals surface area contributed by atoms with Crippen molar-refractivity contribution in [2.24, 2.45) is 0 Å². The summed E-state index contributed by atoms with van der Waals surface area (Å²) >= 11 is 6.05. The highest BCUT2D eigenvalue weighted by atomic mass is 35.5. The number of halogens is 1. The monoisotopic (exact) mass is 393 g/mol. The zero-order valence-corrected chi connectivity index (χ0v) is 15.6.